The van der Waals surface area contributed by atoms with Gasteiger partial charge in [-0.05, 0) is 24.6 Å². The summed E-state index contributed by atoms with van der Waals surface area (Å²) in [5.41, 5.74) is -1.74. The van der Waals surface area contributed by atoms with Crippen LogP contribution in [-0.2, 0) is 10.9 Å². The molecular weight excluding hydrogens is 264 g/mol. The number of ketones is 1. The fraction of sp³-hybridized carbons (Fsp3) is 0.462. The Morgan fingerprint density at radius 3 is 2.53 bits per heavy atom. The van der Waals surface area contributed by atoms with Crippen molar-refractivity contribution in [2.75, 3.05) is 13.7 Å². The number of benzene rings is 1. The van der Waals surface area contributed by atoms with Gasteiger partial charge in [0.15, 0.2) is 5.78 Å². The normalized spacial score (nSPS) is 13.4. The van der Waals surface area contributed by atoms with Crippen molar-refractivity contribution in [2.24, 2.45) is 5.92 Å². The molecule has 1 rings (SSSR count). The predicted molar refractivity (Wildman–Crippen MR) is 61.4 cm³/mol. The monoisotopic (exact) mass is 278 g/mol. The molecule has 1 aromatic rings. The van der Waals surface area contributed by atoms with E-state index in [2.05, 4.69) is 0 Å². The van der Waals surface area contributed by atoms with E-state index in [9.17, 15) is 22.4 Å². The zero-order chi connectivity index (χ0) is 14.6. The van der Waals surface area contributed by atoms with Gasteiger partial charge in [0, 0.05) is 25.2 Å². The van der Waals surface area contributed by atoms with E-state index in [4.69, 9.17) is 4.74 Å². The third-order valence-corrected chi connectivity index (χ3v) is 2.76. The second-order valence-corrected chi connectivity index (χ2v) is 4.23. The Morgan fingerprint density at radius 2 is 2.00 bits per heavy atom. The van der Waals surface area contributed by atoms with Crippen molar-refractivity contribution < 1.29 is 27.1 Å². The molecule has 0 amide bonds. The molecule has 0 fully saturated rings. The lowest BCUT2D eigenvalue weighted by atomic mass is 9.93. The average Bonchev–Trinajstić information content (AvgIpc) is 2.33. The first kappa shape index (κ1) is 15.6. The van der Waals surface area contributed by atoms with Crippen LogP contribution in [0.15, 0.2) is 18.2 Å². The number of halogens is 4. The van der Waals surface area contributed by atoms with E-state index in [-0.39, 0.29) is 13.0 Å². The van der Waals surface area contributed by atoms with Gasteiger partial charge >= 0.3 is 6.18 Å². The third-order valence-electron chi connectivity index (χ3n) is 2.76. The van der Waals surface area contributed by atoms with Crippen LogP contribution >= 0.6 is 0 Å². The van der Waals surface area contributed by atoms with Gasteiger partial charge in [0.25, 0.3) is 0 Å². The van der Waals surface area contributed by atoms with Crippen molar-refractivity contribution in [3.8, 4) is 0 Å². The van der Waals surface area contributed by atoms with Crippen LogP contribution in [0.2, 0.25) is 0 Å². The highest BCUT2D eigenvalue weighted by Crippen LogP contribution is 2.33. The SMILES string of the molecule is COCCC(C)C(=O)c1cc(F)ccc1C(F)(F)F. The number of hydrogen-bond donors (Lipinski definition) is 0. The summed E-state index contributed by atoms with van der Waals surface area (Å²) in [5, 5.41) is 0. The highest BCUT2D eigenvalue weighted by molar-refractivity contribution is 5.99. The fourth-order valence-corrected chi connectivity index (χ4v) is 1.66. The topological polar surface area (TPSA) is 26.3 Å². The molecular formula is C13H14F4O2. The summed E-state index contributed by atoms with van der Waals surface area (Å²) in [6, 6.07) is 1.92. The molecule has 0 aliphatic rings. The van der Waals surface area contributed by atoms with E-state index in [0.29, 0.717) is 18.2 Å². The molecule has 0 N–H and O–H groups in total. The van der Waals surface area contributed by atoms with Crippen LogP contribution in [0.1, 0.15) is 29.3 Å². The summed E-state index contributed by atoms with van der Waals surface area (Å²) in [6.45, 7) is 1.75. The van der Waals surface area contributed by atoms with Crippen LogP contribution in [-0.4, -0.2) is 19.5 Å². The Bertz CT molecular complexity index is 454. The van der Waals surface area contributed by atoms with Crippen molar-refractivity contribution in [2.45, 2.75) is 19.5 Å². The number of Topliss-reactive ketones (excluding diaryl/α,β-unsaturated/α-hetero) is 1. The van der Waals surface area contributed by atoms with Crippen LogP contribution in [0.5, 0.6) is 0 Å². The molecule has 0 radical (unpaired) electrons. The van der Waals surface area contributed by atoms with Gasteiger partial charge < -0.3 is 4.74 Å². The highest BCUT2D eigenvalue weighted by Gasteiger charge is 2.36. The summed E-state index contributed by atoms with van der Waals surface area (Å²) in [7, 11) is 1.43. The molecule has 19 heavy (non-hydrogen) atoms. The Morgan fingerprint density at radius 1 is 1.37 bits per heavy atom. The minimum absolute atomic E-state index is 0.254. The number of rotatable bonds is 5. The number of ether oxygens (including phenoxy) is 1. The summed E-state index contributed by atoms with van der Waals surface area (Å²) in [4.78, 5) is 11.9. The zero-order valence-corrected chi connectivity index (χ0v) is 10.6. The lowest BCUT2D eigenvalue weighted by Gasteiger charge is -2.15. The van der Waals surface area contributed by atoms with Gasteiger partial charge in [0.2, 0.25) is 0 Å². The van der Waals surface area contributed by atoms with Crippen molar-refractivity contribution in [1.29, 1.82) is 0 Å². The number of carbonyl (C=O) groups excluding carboxylic acids is 1. The first-order valence-corrected chi connectivity index (χ1v) is 5.67. The van der Waals surface area contributed by atoms with Gasteiger partial charge in [-0.15, -0.1) is 0 Å². The van der Waals surface area contributed by atoms with E-state index < -0.39 is 34.8 Å². The molecule has 106 valence electrons. The minimum Gasteiger partial charge on any atom is -0.385 e. The Balaban J connectivity index is 3.11. The molecule has 1 aromatic carbocycles. The quantitative estimate of drug-likeness (QED) is 0.606. The van der Waals surface area contributed by atoms with Crippen LogP contribution in [0, 0.1) is 11.7 Å². The molecule has 6 heteroatoms. The van der Waals surface area contributed by atoms with Gasteiger partial charge in [-0.2, -0.15) is 13.2 Å². The van der Waals surface area contributed by atoms with Gasteiger partial charge in [-0.1, -0.05) is 6.92 Å². The summed E-state index contributed by atoms with van der Waals surface area (Å²) < 4.78 is 56.1. The van der Waals surface area contributed by atoms with E-state index >= 15 is 0 Å². The Labute approximate surface area is 108 Å². The van der Waals surface area contributed by atoms with Crippen LogP contribution in [0.25, 0.3) is 0 Å². The Hall–Kier alpha value is -1.43. The molecule has 0 aliphatic carbocycles. The smallest absolute Gasteiger partial charge is 0.385 e. The van der Waals surface area contributed by atoms with Crippen LogP contribution in [0.4, 0.5) is 17.6 Å². The summed E-state index contributed by atoms with van der Waals surface area (Å²) in [6.07, 6.45) is -4.40. The molecule has 0 spiro atoms. The van der Waals surface area contributed by atoms with E-state index in [1.54, 1.807) is 0 Å². The van der Waals surface area contributed by atoms with Gasteiger partial charge in [-0.25, -0.2) is 4.39 Å². The first-order chi connectivity index (χ1) is 8.77. The first-order valence-electron chi connectivity index (χ1n) is 5.67. The lowest BCUT2D eigenvalue weighted by Crippen LogP contribution is -2.19. The second kappa shape index (κ2) is 6.14. The van der Waals surface area contributed by atoms with E-state index in [0.717, 1.165) is 0 Å². The highest BCUT2D eigenvalue weighted by atomic mass is 19.4. The molecule has 0 saturated carbocycles. The molecule has 1 atom stereocenters. The minimum atomic E-state index is -4.68. The van der Waals surface area contributed by atoms with Crippen molar-refractivity contribution in [3.05, 3.63) is 35.1 Å². The van der Waals surface area contributed by atoms with Crippen molar-refractivity contribution in [1.82, 2.24) is 0 Å². The van der Waals surface area contributed by atoms with Gasteiger partial charge in [-0.3, -0.25) is 4.79 Å². The van der Waals surface area contributed by atoms with E-state index in [1.807, 2.05) is 0 Å². The molecule has 0 heterocycles. The molecule has 2 nitrogen and oxygen atoms in total. The van der Waals surface area contributed by atoms with Crippen molar-refractivity contribution in [3.63, 3.8) is 0 Å². The number of alkyl halides is 3. The fourth-order valence-electron chi connectivity index (χ4n) is 1.66. The number of carbonyl (C=O) groups is 1. The summed E-state index contributed by atoms with van der Waals surface area (Å²) in [5.74, 6) is -2.26. The maximum Gasteiger partial charge on any atom is 0.417 e. The van der Waals surface area contributed by atoms with Crippen molar-refractivity contribution >= 4 is 5.78 Å². The summed E-state index contributed by atoms with van der Waals surface area (Å²) >= 11 is 0. The van der Waals surface area contributed by atoms with Gasteiger partial charge in [0.1, 0.15) is 5.82 Å². The molecule has 0 aliphatic heterocycles. The number of hydrogen-bond acceptors (Lipinski definition) is 2. The lowest BCUT2D eigenvalue weighted by molar-refractivity contribution is -0.138. The molecule has 0 saturated heterocycles. The average molecular weight is 278 g/mol. The van der Waals surface area contributed by atoms with E-state index in [1.165, 1.54) is 14.0 Å². The molecule has 1 unspecified atom stereocenters. The predicted octanol–water partition coefficient (Wildman–Crippen LogP) is 3.70. The molecule has 0 aromatic heterocycles. The second-order valence-electron chi connectivity index (χ2n) is 4.23. The maximum absolute atomic E-state index is 13.1. The van der Waals surface area contributed by atoms with Gasteiger partial charge in [0.05, 0.1) is 5.56 Å². The largest absolute Gasteiger partial charge is 0.417 e. The zero-order valence-electron chi connectivity index (χ0n) is 10.6. The standard InChI is InChI=1S/C13H14F4O2/c1-8(5-6-19-2)12(18)10-7-9(14)3-4-11(10)13(15,16)17/h3-4,7-8H,5-6H2,1-2H3. The maximum atomic E-state index is 13.1. The molecule has 0 bridgehead atoms. The van der Waals surface area contributed by atoms with Crippen LogP contribution < -0.4 is 0 Å². The third kappa shape index (κ3) is 4.02. The number of methoxy groups -OCH3 is 1. The van der Waals surface area contributed by atoms with Crippen LogP contribution in [0.3, 0.4) is 0 Å². The Kier molecular flexibility index (Phi) is 5.05.